The Morgan fingerprint density at radius 3 is 2.39 bits per heavy atom. The summed E-state index contributed by atoms with van der Waals surface area (Å²) >= 11 is 3.45. The van der Waals surface area contributed by atoms with Gasteiger partial charge in [0.15, 0.2) is 9.84 Å². The topological polar surface area (TPSA) is 82.6 Å². The molecule has 8 heteroatoms. The highest BCUT2D eigenvalue weighted by atomic mass is 79.9. The lowest BCUT2D eigenvalue weighted by molar-refractivity contribution is -0.145. The van der Waals surface area contributed by atoms with Crippen LogP contribution in [-0.4, -0.2) is 31.2 Å². The molecule has 0 atom stereocenters. The quantitative estimate of drug-likeness (QED) is 0.621. The highest BCUT2D eigenvalue weighted by Gasteiger charge is 2.43. The maximum absolute atomic E-state index is 12.5. The number of benzene rings is 1. The van der Waals surface area contributed by atoms with Gasteiger partial charge in [-0.25, -0.2) is 13.2 Å². The van der Waals surface area contributed by atoms with Gasteiger partial charge < -0.3 is 9.47 Å². The third-order valence-corrected chi connectivity index (χ3v) is 6.20. The van der Waals surface area contributed by atoms with E-state index in [0.717, 1.165) is 22.8 Å². The normalized spacial score (nSPS) is 16.2. The average Bonchev–Trinajstić information content (AvgIpc) is 2.82. The van der Waals surface area contributed by atoms with Crippen molar-refractivity contribution in [2.75, 3.05) is 6.26 Å². The summed E-state index contributed by atoms with van der Waals surface area (Å²) in [5.74, 6) is -0.114. The van der Waals surface area contributed by atoms with E-state index in [1.807, 2.05) is 6.92 Å². The van der Waals surface area contributed by atoms with E-state index in [-0.39, 0.29) is 10.7 Å². The molecule has 6 nitrogen and oxygen atoms in total. The summed E-state index contributed by atoms with van der Waals surface area (Å²) < 4.78 is 35.6. The van der Waals surface area contributed by atoms with Crippen molar-refractivity contribution in [1.82, 2.24) is 4.98 Å². The Morgan fingerprint density at radius 2 is 1.86 bits per heavy atom. The Kier molecular flexibility index (Phi) is 5.38. The number of esters is 1. The predicted molar refractivity (Wildman–Crippen MR) is 109 cm³/mol. The molecular weight excluding hydrogens is 446 g/mol. The van der Waals surface area contributed by atoms with Gasteiger partial charge in [-0.1, -0.05) is 19.1 Å². The molecule has 0 spiro atoms. The Balaban J connectivity index is 2.06. The Labute approximate surface area is 172 Å². The van der Waals surface area contributed by atoms with Crippen molar-refractivity contribution in [2.45, 2.75) is 37.7 Å². The SMILES string of the molecule is CCc1ncc(OC2=C(c3ccc(S(C)(=O)=O)cc3)C(C)(C)OC2=O)cc1Br. The minimum absolute atomic E-state index is 0.0649. The lowest BCUT2D eigenvalue weighted by Crippen LogP contribution is -2.22. The van der Waals surface area contributed by atoms with E-state index in [4.69, 9.17) is 9.47 Å². The van der Waals surface area contributed by atoms with Crippen LogP contribution < -0.4 is 4.74 Å². The zero-order valence-electron chi connectivity index (χ0n) is 15.9. The van der Waals surface area contributed by atoms with Gasteiger partial charge in [-0.3, -0.25) is 4.98 Å². The van der Waals surface area contributed by atoms with Crippen LogP contribution in [0.5, 0.6) is 5.75 Å². The molecule has 0 amide bonds. The Morgan fingerprint density at radius 1 is 1.21 bits per heavy atom. The van der Waals surface area contributed by atoms with Gasteiger partial charge in [0.05, 0.1) is 22.4 Å². The molecule has 0 fully saturated rings. The third-order valence-electron chi connectivity index (χ3n) is 4.38. The van der Waals surface area contributed by atoms with Gasteiger partial charge in [0, 0.05) is 10.7 Å². The molecule has 1 aliphatic heterocycles. The first-order valence-corrected chi connectivity index (χ1v) is 11.3. The van der Waals surface area contributed by atoms with E-state index in [1.54, 1.807) is 38.2 Å². The van der Waals surface area contributed by atoms with Crippen molar-refractivity contribution in [2.24, 2.45) is 0 Å². The summed E-state index contributed by atoms with van der Waals surface area (Å²) in [5.41, 5.74) is 1.16. The van der Waals surface area contributed by atoms with Crippen LogP contribution in [0, 0.1) is 0 Å². The number of rotatable bonds is 5. The summed E-state index contributed by atoms with van der Waals surface area (Å²) in [6.07, 6.45) is 3.46. The van der Waals surface area contributed by atoms with Gasteiger partial charge in [0.1, 0.15) is 11.4 Å². The standard InChI is InChI=1S/C20H20BrNO5S/c1-5-16-15(21)10-13(11-22-16)26-18-17(20(2,3)27-19(18)23)12-6-8-14(9-7-12)28(4,24)25/h6-11H,5H2,1-4H3. The van der Waals surface area contributed by atoms with Gasteiger partial charge in [0.25, 0.3) is 0 Å². The van der Waals surface area contributed by atoms with E-state index in [2.05, 4.69) is 20.9 Å². The van der Waals surface area contributed by atoms with Gasteiger partial charge in [-0.2, -0.15) is 0 Å². The van der Waals surface area contributed by atoms with Crippen LogP contribution in [0.2, 0.25) is 0 Å². The van der Waals surface area contributed by atoms with Crippen molar-refractivity contribution in [3.63, 3.8) is 0 Å². The largest absolute Gasteiger partial charge is 0.449 e. The molecule has 0 N–H and O–H groups in total. The van der Waals surface area contributed by atoms with Crippen LogP contribution in [0.25, 0.3) is 5.57 Å². The number of pyridine rings is 1. The molecular formula is C20H20BrNO5S. The number of carbonyl (C=O) groups excluding carboxylic acids is 1. The lowest BCUT2D eigenvalue weighted by Gasteiger charge is -2.21. The molecule has 28 heavy (non-hydrogen) atoms. The van der Waals surface area contributed by atoms with Crippen molar-refractivity contribution in [3.05, 3.63) is 58.0 Å². The fourth-order valence-corrected chi connectivity index (χ4v) is 4.27. The third kappa shape index (κ3) is 3.98. The summed E-state index contributed by atoms with van der Waals surface area (Å²) in [7, 11) is -3.32. The van der Waals surface area contributed by atoms with Crippen molar-refractivity contribution >= 4 is 37.3 Å². The van der Waals surface area contributed by atoms with Crippen LogP contribution in [0.1, 0.15) is 32.0 Å². The maximum Gasteiger partial charge on any atom is 0.375 e. The van der Waals surface area contributed by atoms with Crippen LogP contribution in [-0.2, 0) is 25.8 Å². The first-order valence-electron chi connectivity index (χ1n) is 8.64. The van der Waals surface area contributed by atoms with E-state index in [9.17, 15) is 13.2 Å². The van der Waals surface area contributed by atoms with Crippen molar-refractivity contribution in [3.8, 4) is 5.75 Å². The minimum Gasteiger partial charge on any atom is -0.449 e. The lowest BCUT2D eigenvalue weighted by atomic mass is 9.92. The second kappa shape index (κ2) is 7.33. The molecule has 0 unspecified atom stereocenters. The molecule has 1 aromatic carbocycles. The highest BCUT2D eigenvalue weighted by molar-refractivity contribution is 9.10. The monoisotopic (exact) mass is 465 g/mol. The Hall–Kier alpha value is -2.19. The zero-order valence-corrected chi connectivity index (χ0v) is 18.3. The fourth-order valence-electron chi connectivity index (χ4n) is 3.03. The first-order chi connectivity index (χ1) is 13.0. The number of hydrogen-bond acceptors (Lipinski definition) is 6. The van der Waals surface area contributed by atoms with Crippen molar-refractivity contribution in [1.29, 1.82) is 0 Å². The molecule has 3 rings (SSSR count). The minimum atomic E-state index is -3.32. The second-order valence-electron chi connectivity index (χ2n) is 6.96. The number of carbonyl (C=O) groups is 1. The highest BCUT2D eigenvalue weighted by Crippen LogP contribution is 2.40. The number of ether oxygens (including phenoxy) is 2. The van der Waals surface area contributed by atoms with E-state index < -0.39 is 21.4 Å². The molecule has 1 aliphatic rings. The summed E-state index contributed by atoms with van der Waals surface area (Å²) in [5, 5.41) is 0. The van der Waals surface area contributed by atoms with E-state index in [1.165, 1.54) is 12.1 Å². The number of aryl methyl sites for hydroxylation is 1. The maximum atomic E-state index is 12.5. The number of cyclic esters (lactones) is 1. The predicted octanol–water partition coefficient (Wildman–Crippen LogP) is 3.94. The number of nitrogens with zero attached hydrogens (tertiary/aromatic N) is 1. The summed E-state index contributed by atoms with van der Waals surface area (Å²) in [6, 6.07) is 8.05. The smallest absolute Gasteiger partial charge is 0.375 e. The van der Waals surface area contributed by atoms with Crippen molar-refractivity contribution < 1.29 is 22.7 Å². The molecule has 0 aliphatic carbocycles. The summed E-state index contributed by atoms with van der Waals surface area (Å²) in [4.78, 5) is 17.0. The molecule has 2 aromatic rings. The number of sulfone groups is 1. The van der Waals surface area contributed by atoms with Crippen LogP contribution in [0.4, 0.5) is 0 Å². The van der Waals surface area contributed by atoms with Gasteiger partial charge >= 0.3 is 5.97 Å². The second-order valence-corrected chi connectivity index (χ2v) is 9.83. The van der Waals surface area contributed by atoms with Gasteiger partial charge in [-0.05, 0) is 60.0 Å². The molecule has 148 valence electrons. The molecule has 1 aromatic heterocycles. The van der Waals surface area contributed by atoms with Crippen LogP contribution >= 0.6 is 15.9 Å². The summed E-state index contributed by atoms with van der Waals surface area (Å²) in [6.45, 7) is 5.51. The molecule has 0 bridgehead atoms. The number of aromatic nitrogens is 1. The fraction of sp³-hybridized carbons (Fsp3) is 0.300. The number of hydrogen-bond donors (Lipinski definition) is 0. The molecule has 0 saturated heterocycles. The van der Waals surface area contributed by atoms with Crippen LogP contribution in [0.3, 0.4) is 0 Å². The number of halogens is 1. The first kappa shape index (κ1) is 20.5. The zero-order chi connectivity index (χ0) is 20.7. The Bertz CT molecular complexity index is 1070. The van der Waals surface area contributed by atoms with Gasteiger partial charge in [0.2, 0.25) is 5.76 Å². The average molecular weight is 466 g/mol. The molecule has 2 heterocycles. The molecule has 0 radical (unpaired) electrons. The molecule has 0 saturated carbocycles. The van der Waals surface area contributed by atoms with E-state index in [0.29, 0.717) is 16.9 Å². The van der Waals surface area contributed by atoms with Gasteiger partial charge in [-0.15, -0.1) is 0 Å². The van der Waals surface area contributed by atoms with Crippen LogP contribution in [0.15, 0.2) is 51.7 Å². The van der Waals surface area contributed by atoms with E-state index >= 15 is 0 Å².